The number of carbonyl (C=O) groups excluding carboxylic acids is 1. The zero-order valence-electron chi connectivity index (χ0n) is 15.6. The number of hydrogen-bond donors (Lipinski definition) is 1. The lowest BCUT2D eigenvalue weighted by Crippen LogP contribution is -2.16. The third-order valence-corrected chi connectivity index (χ3v) is 5.84. The van der Waals surface area contributed by atoms with E-state index in [0.717, 1.165) is 40.0 Å². The molecular formula is C21H21N3O2S. The summed E-state index contributed by atoms with van der Waals surface area (Å²) in [6.45, 7) is 4.17. The van der Waals surface area contributed by atoms with Crippen molar-refractivity contribution in [1.82, 2.24) is 9.78 Å². The van der Waals surface area contributed by atoms with E-state index in [1.807, 2.05) is 22.5 Å². The number of hydrogen-bond acceptors (Lipinski definition) is 4. The molecule has 0 bridgehead atoms. The van der Waals surface area contributed by atoms with Crippen LogP contribution in [0.3, 0.4) is 0 Å². The zero-order valence-corrected chi connectivity index (χ0v) is 16.4. The molecule has 2 heterocycles. The maximum atomic E-state index is 12.8. The Morgan fingerprint density at radius 1 is 1.11 bits per heavy atom. The van der Waals surface area contributed by atoms with Crippen molar-refractivity contribution in [3.63, 3.8) is 0 Å². The first-order valence-electron chi connectivity index (χ1n) is 8.78. The van der Waals surface area contributed by atoms with Crippen molar-refractivity contribution in [2.75, 3.05) is 12.4 Å². The second-order valence-electron chi connectivity index (χ2n) is 6.63. The number of thioether (sulfide) groups is 1. The minimum absolute atomic E-state index is 0.151. The first-order chi connectivity index (χ1) is 13.1. The van der Waals surface area contributed by atoms with Crippen LogP contribution in [0.15, 0.2) is 42.5 Å². The molecule has 1 amide bonds. The predicted molar refractivity (Wildman–Crippen MR) is 109 cm³/mol. The molecule has 6 heteroatoms. The Balaban J connectivity index is 1.70. The summed E-state index contributed by atoms with van der Waals surface area (Å²) in [5.74, 6) is 3.07. The molecule has 0 saturated carbocycles. The molecule has 1 aliphatic heterocycles. The summed E-state index contributed by atoms with van der Waals surface area (Å²) in [5, 5.41) is 7.85. The van der Waals surface area contributed by atoms with Crippen LogP contribution in [0, 0.1) is 13.8 Å². The lowest BCUT2D eigenvalue weighted by molar-refractivity contribution is 0.102. The molecule has 2 aromatic carbocycles. The summed E-state index contributed by atoms with van der Waals surface area (Å²) in [6, 6.07) is 13.3. The van der Waals surface area contributed by atoms with Crippen molar-refractivity contribution in [2.45, 2.75) is 25.4 Å². The third kappa shape index (κ3) is 3.32. The minimum atomic E-state index is -0.151. The van der Waals surface area contributed by atoms with Crippen LogP contribution in [0.1, 0.15) is 32.7 Å². The maximum absolute atomic E-state index is 12.8. The van der Waals surface area contributed by atoms with Crippen LogP contribution in [0.2, 0.25) is 0 Å². The third-order valence-electron chi connectivity index (χ3n) is 4.87. The lowest BCUT2D eigenvalue weighted by Gasteiger charge is -2.12. The lowest BCUT2D eigenvalue weighted by atomic mass is 10.1. The van der Waals surface area contributed by atoms with Crippen molar-refractivity contribution in [1.29, 1.82) is 0 Å². The molecule has 1 aromatic heterocycles. The fraction of sp³-hybridized carbons (Fsp3) is 0.238. The largest absolute Gasteiger partial charge is 0.497 e. The molecule has 138 valence electrons. The number of nitrogens with one attached hydrogen (secondary N) is 1. The van der Waals surface area contributed by atoms with E-state index >= 15 is 0 Å². The molecule has 3 aromatic rings. The molecule has 5 nitrogen and oxygen atoms in total. The van der Waals surface area contributed by atoms with Gasteiger partial charge in [0.2, 0.25) is 0 Å². The maximum Gasteiger partial charge on any atom is 0.256 e. The number of amides is 1. The Morgan fingerprint density at radius 2 is 1.89 bits per heavy atom. The van der Waals surface area contributed by atoms with Gasteiger partial charge in [-0.25, -0.2) is 4.68 Å². The fourth-order valence-corrected chi connectivity index (χ4v) is 4.14. The van der Waals surface area contributed by atoms with Crippen LogP contribution in [0.25, 0.3) is 5.69 Å². The van der Waals surface area contributed by atoms with Crippen molar-refractivity contribution < 1.29 is 9.53 Å². The first kappa shape index (κ1) is 17.7. The highest BCUT2D eigenvalue weighted by molar-refractivity contribution is 7.98. The van der Waals surface area contributed by atoms with Crippen LogP contribution < -0.4 is 10.1 Å². The van der Waals surface area contributed by atoms with Gasteiger partial charge >= 0.3 is 0 Å². The van der Waals surface area contributed by atoms with Crippen molar-refractivity contribution in [2.24, 2.45) is 0 Å². The molecule has 4 rings (SSSR count). The summed E-state index contributed by atoms with van der Waals surface area (Å²) < 4.78 is 7.02. The first-order valence-corrected chi connectivity index (χ1v) is 9.94. The molecule has 0 saturated heterocycles. The van der Waals surface area contributed by atoms with Gasteiger partial charge in [-0.3, -0.25) is 4.79 Å². The van der Waals surface area contributed by atoms with Crippen LogP contribution in [0.4, 0.5) is 5.82 Å². The number of aryl methyl sites for hydroxylation is 2. The molecule has 0 spiro atoms. The van der Waals surface area contributed by atoms with Gasteiger partial charge in [-0.2, -0.15) is 16.9 Å². The number of nitrogens with zero attached hydrogens (tertiary/aromatic N) is 2. The van der Waals surface area contributed by atoms with Crippen LogP contribution in [0.5, 0.6) is 5.75 Å². The number of carbonyl (C=O) groups is 1. The molecule has 0 aliphatic carbocycles. The highest BCUT2D eigenvalue weighted by Gasteiger charge is 2.25. The van der Waals surface area contributed by atoms with E-state index in [1.54, 1.807) is 31.4 Å². The van der Waals surface area contributed by atoms with Crippen LogP contribution in [-0.2, 0) is 11.5 Å². The number of rotatable bonds is 4. The van der Waals surface area contributed by atoms with Crippen LogP contribution >= 0.6 is 11.8 Å². The fourth-order valence-electron chi connectivity index (χ4n) is 3.11. The van der Waals surface area contributed by atoms with E-state index in [-0.39, 0.29) is 5.91 Å². The highest BCUT2D eigenvalue weighted by Crippen LogP contribution is 2.36. The van der Waals surface area contributed by atoms with E-state index in [1.165, 1.54) is 11.1 Å². The van der Waals surface area contributed by atoms with E-state index in [0.29, 0.717) is 5.56 Å². The molecule has 0 unspecified atom stereocenters. The van der Waals surface area contributed by atoms with Gasteiger partial charge in [-0.05, 0) is 61.4 Å². The predicted octanol–water partition coefficient (Wildman–Crippen LogP) is 4.50. The van der Waals surface area contributed by atoms with Gasteiger partial charge in [0.1, 0.15) is 11.6 Å². The summed E-state index contributed by atoms with van der Waals surface area (Å²) in [5.41, 5.74) is 6.14. The number of anilines is 1. The van der Waals surface area contributed by atoms with Gasteiger partial charge in [0.05, 0.1) is 18.5 Å². The van der Waals surface area contributed by atoms with E-state index in [4.69, 9.17) is 9.84 Å². The van der Waals surface area contributed by atoms with Crippen molar-refractivity contribution in [3.05, 3.63) is 70.4 Å². The zero-order chi connectivity index (χ0) is 19.0. The number of benzene rings is 2. The Hall–Kier alpha value is -2.73. The van der Waals surface area contributed by atoms with Gasteiger partial charge in [0.15, 0.2) is 0 Å². The summed E-state index contributed by atoms with van der Waals surface area (Å²) in [4.78, 5) is 12.8. The number of ether oxygens (including phenoxy) is 1. The van der Waals surface area contributed by atoms with Gasteiger partial charge in [0, 0.05) is 22.6 Å². The van der Waals surface area contributed by atoms with E-state index in [9.17, 15) is 4.79 Å². The van der Waals surface area contributed by atoms with Gasteiger partial charge in [0.25, 0.3) is 5.91 Å². The van der Waals surface area contributed by atoms with Crippen molar-refractivity contribution in [3.8, 4) is 11.4 Å². The topological polar surface area (TPSA) is 56.1 Å². The Bertz CT molecular complexity index is 1010. The number of fused-ring (bicyclic) bond motifs is 1. The molecule has 1 N–H and O–H groups in total. The second-order valence-corrected chi connectivity index (χ2v) is 7.62. The molecule has 0 atom stereocenters. The molecular weight excluding hydrogens is 358 g/mol. The Labute approximate surface area is 162 Å². The summed E-state index contributed by atoms with van der Waals surface area (Å²) in [7, 11) is 1.61. The normalized spacial score (nSPS) is 12.7. The SMILES string of the molecule is COc1ccc(C(=O)Nc2c3c(nn2-c2ccc(C)c(C)c2)CSC3)cc1. The Morgan fingerprint density at radius 3 is 2.59 bits per heavy atom. The molecule has 0 fully saturated rings. The molecule has 1 aliphatic rings. The number of methoxy groups -OCH3 is 1. The standard InChI is InChI=1S/C21H21N3O2S/c1-13-4-7-16(10-14(13)2)24-20(18-11-27-12-19(18)23-24)22-21(25)15-5-8-17(26-3)9-6-15/h4-10H,11-12H2,1-3H3,(H,22,25). The molecule has 0 radical (unpaired) electrons. The molecule has 27 heavy (non-hydrogen) atoms. The quantitative estimate of drug-likeness (QED) is 0.725. The monoisotopic (exact) mass is 379 g/mol. The van der Waals surface area contributed by atoms with E-state index in [2.05, 4.69) is 31.3 Å². The Kier molecular flexibility index (Phi) is 4.66. The van der Waals surface area contributed by atoms with Gasteiger partial charge in [-0.1, -0.05) is 6.07 Å². The van der Waals surface area contributed by atoms with Gasteiger partial charge < -0.3 is 10.1 Å². The number of aromatic nitrogens is 2. The van der Waals surface area contributed by atoms with Crippen molar-refractivity contribution >= 4 is 23.5 Å². The average molecular weight is 379 g/mol. The summed E-state index contributed by atoms with van der Waals surface area (Å²) >= 11 is 1.82. The van der Waals surface area contributed by atoms with Crippen LogP contribution in [-0.4, -0.2) is 22.8 Å². The highest BCUT2D eigenvalue weighted by atomic mass is 32.2. The summed E-state index contributed by atoms with van der Waals surface area (Å²) in [6.07, 6.45) is 0. The minimum Gasteiger partial charge on any atom is -0.497 e. The second kappa shape index (κ2) is 7.12. The average Bonchev–Trinajstić information content (AvgIpc) is 3.27. The smallest absolute Gasteiger partial charge is 0.256 e. The van der Waals surface area contributed by atoms with Gasteiger partial charge in [-0.15, -0.1) is 0 Å². The van der Waals surface area contributed by atoms with E-state index < -0.39 is 0 Å².